The quantitative estimate of drug-likeness (QED) is 0.604. The number of allylic oxidation sites excluding steroid dienone is 1. The van der Waals surface area contributed by atoms with Crippen molar-refractivity contribution < 1.29 is 9.90 Å². The van der Waals surface area contributed by atoms with E-state index < -0.39 is 5.60 Å². The Hall–Kier alpha value is -0.630. The smallest absolute Gasteiger partial charge is 0.127 e. The van der Waals surface area contributed by atoms with Crippen molar-refractivity contribution in [2.75, 3.05) is 0 Å². The van der Waals surface area contributed by atoms with Crippen molar-refractivity contribution in [3.05, 3.63) is 12.7 Å². The lowest BCUT2D eigenvalue weighted by Crippen LogP contribution is -2.56. The van der Waals surface area contributed by atoms with E-state index in [4.69, 9.17) is 0 Å². The van der Waals surface area contributed by atoms with Gasteiger partial charge in [0.1, 0.15) is 6.29 Å². The maximum Gasteiger partial charge on any atom is 0.127 e. The third kappa shape index (κ3) is 1.87. The Morgan fingerprint density at radius 2 is 2.12 bits per heavy atom. The van der Waals surface area contributed by atoms with Gasteiger partial charge >= 0.3 is 0 Å². The number of carbonyl (C=O) groups is 1. The molecule has 96 valence electrons. The average molecular weight is 236 g/mol. The molecule has 2 heteroatoms. The van der Waals surface area contributed by atoms with Gasteiger partial charge in [0, 0.05) is 11.3 Å². The third-order valence-electron chi connectivity index (χ3n) is 5.29. The minimum atomic E-state index is -0.589. The van der Waals surface area contributed by atoms with Gasteiger partial charge in [-0.1, -0.05) is 25.8 Å². The zero-order chi connectivity index (χ0) is 12.5. The molecule has 0 heterocycles. The standard InChI is InChI=1S/C15H24O2/c1-3-8-14(11-16)12(2)7-10-15(17)9-5-4-6-13(14)15/h3,11-13,17H,1,4-10H2,2H3. The van der Waals surface area contributed by atoms with Crippen LogP contribution in [0.2, 0.25) is 0 Å². The number of rotatable bonds is 3. The first-order valence-corrected chi connectivity index (χ1v) is 6.89. The molecule has 0 radical (unpaired) electrons. The van der Waals surface area contributed by atoms with Crippen molar-refractivity contribution in [1.29, 1.82) is 0 Å². The van der Waals surface area contributed by atoms with Gasteiger partial charge in [0.15, 0.2) is 0 Å². The molecule has 0 aromatic heterocycles. The summed E-state index contributed by atoms with van der Waals surface area (Å²) < 4.78 is 0. The summed E-state index contributed by atoms with van der Waals surface area (Å²) in [5.41, 5.74) is -0.955. The van der Waals surface area contributed by atoms with E-state index in [1.165, 1.54) is 0 Å². The number of fused-ring (bicyclic) bond motifs is 1. The molecule has 17 heavy (non-hydrogen) atoms. The lowest BCUT2D eigenvalue weighted by atomic mass is 9.51. The molecule has 2 rings (SSSR count). The second-order valence-electron chi connectivity index (χ2n) is 6.06. The normalized spacial score (nSPS) is 46.0. The molecule has 1 N–H and O–H groups in total. The van der Waals surface area contributed by atoms with Crippen LogP contribution in [-0.2, 0) is 4.79 Å². The molecule has 2 aliphatic carbocycles. The molecule has 2 aliphatic rings. The predicted molar refractivity (Wildman–Crippen MR) is 68.6 cm³/mol. The Kier molecular flexibility index (Phi) is 3.44. The van der Waals surface area contributed by atoms with Gasteiger partial charge in [-0.2, -0.15) is 0 Å². The van der Waals surface area contributed by atoms with Gasteiger partial charge in [0.2, 0.25) is 0 Å². The fourth-order valence-corrected chi connectivity index (χ4v) is 4.21. The van der Waals surface area contributed by atoms with E-state index in [1.54, 1.807) is 0 Å². The van der Waals surface area contributed by atoms with Crippen LogP contribution in [0.5, 0.6) is 0 Å². The van der Waals surface area contributed by atoms with Crippen LogP contribution in [0.15, 0.2) is 12.7 Å². The lowest BCUT2D eigenvalue weighted by Gasteiger charge is -2.55. The van der Waals surface area contributed by atoms with Crippen molar-refractivity contribution >= 4 is 6.29 Å². The number of aldehydes is 1. The summed E-state index contributed by atoms with van der Waals surface area (Å²) in [5.74, 6) is 0.504. The first kappa shape index (κ1) is 12.8. The Balaban J connectivity index is 2.37. The zero-order valence-electron chi connectivity index (χ0n) is 10.8. The SMILES string of the molecule is C=CCC1(C=O)C(C)CCC2(O)CCCCC21. The second kappa shape index (κ2) is 4.56. The maximum atomic E-state index is 11.7. The summed E-state index contributed by atoms with van der Waals surface area (Å²) in [4.78, 5) is 11.7. The summed E-state index contributed by atoms with van der Waals surface area (Å²) in [6.45, 7) is 5.96. The van der Waals surface area contributed by atoms with Crippen LogP contribution >= 0.6 is 0 Å². The first-order chi connectivity index (χ1) is 8.09. The highest BCUT2D eigenvalue weighted by Crippen LogP contribution is 2.56. The van der Waals surface area contributed by atoms with E-state index in [9.17, 15) is 9.90 Å². The van der Waals surface area contributed by atoms with Crippen LogP contribution in [-0.4, -0.2) is 17.0 Å². The molecule has 2 saturated carbocycles. The van der Waals surface area contributed by atoms with Gasteiger partial charge < -0.3 is 9.90 Å². The molecule has 0 saturated heterocycles. The van der Waals surface area contributed by atoms with E-state index in [2.05, 4.69) is 13.5 Å². The van der Waals surface area contributed by atoms with Gasteiger partial charge in [0.05, 0.1) is 5.60 Å². The number of hydrogen-bond donors (Lipinski definition) is 1. The van der Waals surface area contributed by atoms with Gasteiger partial charge in [-0.25, -0.2) is 0 Å². The van der Waals surface area contributed by atoms with Gasteiger partial charge in [-0.3, -0.25) is 0 Å². The van der Waals surface area contributed by atoms with Crippen LogP contribution in [0.3, 0.4) is 0 Å². The number of hydrogen-bond acceptors (Lipinski definition) is 2. The number of aliphatic hydroxyl groups is 1. The predicted octanol–water partition coefficient (Wildman–Crippen LogP) is 3.10. The maximum absolute atomic E-state index is 11.7. The van der Waals surface area contributed by atoms with E-state index in [1.807, 2.05) is 6.08 Å². The molecular weight excluding hydrogens is 212 g/mol. The van der Waals surface area contributed by atoms with E-state index >= 15 is 0 Å². The summed E-state index contributed by atoms with van der Waals surface area (Å²) >= 11 is 0. The molecule has 2 fully saturated rings. The summed E-state index contributed by atoms with van der Waals surface area (Å²) in [7, 11) is 0. The Morgan fingerprint density at radius 3 is 2.76 bits per heavy atom. The van der Waals surface area contributed by atoms with Crippen molar-refractivity contribution in [1.82, 2.24) is 0 Å². The Morgan fingerprint density at radius 1 is 1.35 bits per heavy atom. The van der Waals surface area contributed by atoms with Crippen molar-refractivity contribution in [3.8, 4) is 0 Å². The summed E-state index contributed by atoms with van der Waals surface area (Å²) in [5, 5.41) is 10.8. The summed E-state index contributed by atoms with van der Waals surface area (Å²) in [6.07, 6.45) is 9.63. The minimum absolute atomic E-state index is 0.142. The zero-order valence-corrected chi connectivity index (χ0v) is 10.8. The van der Waals surface area contributed by atoms with Crippen LogP contribution in [0.25, 0.3) is 0 Å². The molecule has 0 bridgehead atoms. The molecule has 0 aromatic carbocycles. The molecule has 2 nitrogen and oxygen atoms in total. The van der Waals surface area contributed by atoms with Crippen LogP contribution in [0.1, 0.15) is 51.9 Å². The van der Waals surface area contributed by atoms with Gasteiger partial charge in [-0.05, 0) is 38.0 Å². The van der Waals surface area contributed by atoms with Crippen LogP contribution < -0.4 is 0 Å². The second-order valence-corrected chi connectivity index (χ2v) is 6.06. The molecule has 0 aliphatic heterocycles. The van der Waals surface area contributed by atoms with Gasteiger partial charge in [0.25, 0.3) is 0 Å². The molecule has 0 spiro atoms. The van der Waals surface area contributed by atoms with E-state index in [0.717, 1.165) is 44.8 Å². The fourth-order valence-electron chi connectivity index (χ4n) is 4.21. The highest BCUT2D eigenvalue weighted by atomic mass is 16.3. The highest BCUT2D eigenvalue weighted by molar-refractivity contribution is 5.62. The summed E-state index contributed by atoms with van der Waals surface area (Å²) in [6, 6.07) is 0. The van der Waals surface area contributed by atoms with Crippen molar-refractivity contribution in [2.24, 2.45) is 17.3 Å². The molecule has 0 amide bonds. The third-order valence-corrected chi connectivity index (χ3v) is 5.29. The Bertz CT molecular complexity index is 312. The Labute approximate surface area is 104 Å². The topological polar surface area (TPSA) is 37.3 Å². The van der Waals surface area contributed by atoms with Crippen molar-refractivity contribution in [2.45, 2.75) is 57.5 Å². The number of carbonyl (C=O) groups excluding carboxylic acids is 1. The minimum Gasteiger partial charge on any atom is -0.390 e. The molecule has 4 atom stereocenters. The average Bonchev–Trinajstić information content (AvgIpc) is 2.33. The van der Waals surface area contributed by atoms with Crippen LogP contribution in [0.4, 0.5) is 0 Å². The molecule has 4 unspecified atom stereocenters. The van der Waals surface area contributed by atoms with Crippen LogP contribution in [0, 0.1) is 17.3 Å². The first-order valence-electron chi connectivity index (χ1n) is 6.89. The van der Waals surface area contributed by atoms with Crippen molar-refractivity contribution in [3.63, 3.8) is 0 Å². The van der Waals surface area contributed by atoms with E-state index in [0.29, 0.717) is 12.3 Å². The molecular formula is C15H24O2. The lowest BCUT2D eigenvalue weighted by molar-refractivity contribution is -0.163. The highest BCUT2D eigenvalue weighted by Gasteiger charge is 2.56. The fraction of sp³-hybridized carbons (Fsp3) is 0.800. The van der Waals surface area contributed by atoms with E-state index in [-0.39, 0.29) is 11.3 Å². The monoisotopic (exact) mass is 236 g/mol. The largest absolute Gasteiger partial charge is 0.390 e. The molecule has 0 aromatic rings. The van der Waals surface area contributed by atoms with Gasteiger partial charge in [-0.15, -0.1) is 6.58 Å².